The molecular weight excluding hydrogens is 256 g/mol. The molecule has 0 saturated carbocycles. The van der Waals surface area contributed by atoms with Gasteiger partial charge in [-0.1, -0.05) is 28.1 Å². The van der Waals surface area contributed by atoms with Crippen LogP contribution in [0.15, 0.2) is 28.7 Å². The number of rotatable bonds is 2. The molecule has 0 aromatic heterocycles. The quantitative estimate of drug-likeness (QED) is 0.855. The summed E-state index contributed by atoms with van der Waals surface area (Å²) in [4.78, 5) is 0. The Morgan fingerprint density at radius 2 is 2.40 bits per heavy atom. The molecule has 1 aromatic carbocycles. The van der Waals surface area contributed by atoms with Crippen LogP contribution in [-0.4, -0.2) is 25.8 Å². The summed E-state index contributed by atoms with van der Waals surface area (Å²) in [6.45, 7) is 2.49. The van der Waals surface area contributed by atoms with Crippen molar-refractivity contribution in [2.24, 2.45) is 5.73 Å². The first-order chi connectivity index (χ1) is 7.27. The van der Waals surface area contributed by atoms with Gasteiger partial charge in [-0.05, 0) is 17.7 Å². The molecule has 3 nitrogen and oxygen atoms in total. The third-order valence-electron chi connectivity index (χ3n) is 2.59. The number of ether oxygens (including phenoxy) is 1. The Kier molecular flexibility index (Phi) is 3.75. The zero-order valence-corrected chi connectivity index (χ0v) is 10.0. The number of benzene rings is 1. The van der Waals surface area contributed by atoms with Gasteiger partial charge in [-0.25, -0.2) is 0 Å². The molecule has 1 heterocycles. The van der Waals surface area contributed by atoms with Crippen LogP contribution in [0.3, 0.4) is 0 Å². The predicted octanol–water partition coefficient (Wildman–Crippen LogP) is 1.44. The molecule has 0 amide bonds. The van der Waals surface area contributed by atoms with Crippen molar-refractivity contribution in [1.29, 1.82) is 0 Å². The fraction of sp³-hybridized carbons (Fsp3) is 0.455. The lowest BCUT2D eigenvalue weighted by atomic mass is 10.0. The van der Waals surface area contributed by atoms with Crippen LogP contribution in [0.1, 0.15) is 11.6 Å². The maximum Gasteiger partial charge on any atom is 0.0892 e. The lowest BCUT2D eigenvalue weighted by molar-refractivity contribution is 0.0122. The van der Waals surface area contributed by atoms with E-state index in [-0.39, 0.29) is 12.1 Å². The Morgan fingerprint density at radius 3 is 3.07 bits per heavy atom. The zero-order chi connectivity index (χ0) is 10.7. The third-order valence-corrected chi connectivity index (χ3v) is 3.08. The lowest BCUT2D eigenvalue weighted by Crippen LogP contribution is -2.44. The normalized spacial score (nSPS) is 23.7. The molecule has 82 valence electrons. The second-order valence-electron chi connectivity index (χ2n) is 3.69. The minimum atomic E-state index is -0.0599. The molecule has 1 aliphatic heterocycles. The van der Waals surface area contributed by atoms with Gasteiger partial charge in [0.05, 0.1) is 18.8 Å². The number of morpholine rings is 1. The summed E-state index contributed by atoms with van der Waals surface area (Å²) >= 11 is 3.44. The maximum absolute atomic E-state index is 6.15. The van der Waals surface area contributed by atoms with E-state index in [1.807, 2.05) is 24.3 Å². The van der Waals surface area contributed by atoms with Gasteiger partial charge in [-0.2, -0.15) is 0 Å². The summed E-state index contributed by atoms with van der Waals surface area (Å²) in [5.74, 6) is 0. The Morgan fingerprint density at radius 1 is 1.53 bits per heavy atom. The van der Waals surface area contributed by atoms with Crippen LogP contribution in [0.25, 0.3) is 0 Å². The number of nitrogens with two attached hydrogens (primary N) is 1. The average Bonchev–Trinajstić information content (AvgIpc) is 2.29. The van der Waals surface area contributed by atoms with E-state index in [1.54, 1.807) is 0 Å². The average molecular weight is 271 g/mol. The van der Waals surface area contributed by atoms with Crippen molar-refractivity contribution in [2.75, 3.05) is 19.7 Å². The summed E-state index contributed by atoms with van der Waals surface area (Å²) < 4.78 is 6.69. The fourth-order valence-corrected chi connectivity index (χ4v) is 2.16. The second-order valence-corrected chi connectivity index (χ2v) is 4.61. The van der Waals surface area contributed by atoms with Gasteiger partial charge in [0.1, 0.15) is 0 Å². The molecule has 0 bridgehead atoms. The minimum Gasteiger partial charge on any atom is -0.374 e. The fourth-order valence-electron chi connectivity index (χ4n) is 1.74. The topological polar surface area (TPSA) is 47.3 Å². The summed E-state index contributed by atoms with van der Waals surface area (Å²) in [5.41, 5.74) is 7.26. The molecule has 4 heteroatoms. The van der Waals surface area contributed by atoms with Crippen molar-refractivity contribution >= 4 is 15.9 Å². The number of hydrogen-bond donors (Lipinski definition) is 2. The Hall–Kier alpha value is -0.420. The van der Waals surface area contributed by atoms with Gasteiger partial charge in [0.15, 0.2) is 0 Å². The van der Waals surface area contributed by atoms with Crippen LogP contribution in [-0.2, 0) is 4.74 Å². The first-order valence-corrected chi connectivity index (χ1v) is 5.90. The van der Waals surface area contributed by atoms with E-state index >= 15 is 0 Å². The van der Waals surface area contributed by atoms with E-state index in [9.17, 15) is 0 Å². The molecule has 3 N–H and O–H groups in total. The first kappa shape index (κ1) is 11.1. The molecule has 1 aromatic rings. The zero-order valence-electron chi connectivity index (χ0n) is 8.45. The second kappa shape index (κ2) is 5.07. The van der Waals surface area contributed by atoms with Gasteiger partial charge >= 0.3 is 0 Å². The summed E-state index contributed by atoms with van der Waals surface area (Å²) in [7, 11) is 0. The Balaban J connectivity index is 2.08. The van der Waals surface area contributed by atoms with Crippen LogP contribution in [0.4, 0.5) is 0 Å². The van der Waals surface area contributed by atoms with Crippen LogP contribution < -0.4 is 11.1 Å². The van der Waals surface area contributed by atoms with Gasteiger partial charge in [0.2, 0.25) is 0 Å². The van der Waals surface area contributed by atoms with E-state index < -0.39 is 0 Å². The SMILES string of the molecule is NC(c1cccc(Br)c1)C1CNCCO1. The maximum atomic E-state index is 6.15. The largest absolute Gasteiger partial charge is 0.374 e. The highest BCUT2D eigenvalue weighted by atomic mass is 79.9. The Labute approximate surface area is 98.1 Å². The van der Waals surface area contributed by atoms with Crippen LogP contribution in [0.5, 0.6) is 0 Å². The molecule has 1 fully saturated rings. The summed E-state index contributed by atoms with van der Waals surface area (Å²) in [6.07, 6.45) is 0.0769. The third kappa shape index (κ3) is 2.78. The van der Waals surface area contributed by atoms with Crippen molar-refractivity contribution in [3.8, 4) is 0 Å². The monoisotopic (exact) mass is 270 g/mol. The van der Waals surface area contributed by atoms with E-state index in [0.717, 1.165) is 29.7 Å². The van der Waals surface area contributed by atoms with Crippen LogP contribution in [0.2, 0.25) is 0 Å². The molecule has 0 aliphatic carbocycles. The molecule has 1 saturated heterocycles. The molecule has 2 rings (SSSR count). The summed E-state index contributed by atoms with van der Waals surface area (Å²) in [6, 6.07) is 8.01. The van der Waals surface area contributed by atoms with Gasteiger partial charge < -0.3 is 15.8 Å². The van der Waals surface area contributed by atoms with Crippen molar-refractivity contribution in [1.82, 2.24) is 5.32 Å². The first-order valence-electron chi connectivity index (χ1n) is 5.11. The molecule has 15 heavy (non-hydrogen) atoms. The molecule has 2 atom stereocenters. The van der Waals surface area contributed by atoms with Gasteiger partial charge in [0.25, 0.3) is 0 Å². The van der Waals surface area contributed by atoms with Gasteiger partial charge in [0, 0.05) is 17.6 Å². The van der Waals surface area contributed by atoms with Crippen molar-refractivity contribution in [3.63, 3.8) is 0 Å². The van der Waals surface area contributed by atoms with E-state index in [4.69, 9.17) is 10.5 Å². The predicted molar refractivity (Wildman–Crippen MR) is 63.7 cm³/mol. The smallest absolute Gasteiger partial charge is 0.0892 e. The van der Waals surface area contributed by atoms with Crippen LogP contribution in [0, 0.1) is 0 Å². The minimum absolute atomic E-state index is 0.0599. The van der Waals surface area contributed by atoms with Crippen molar-refractivity contribution < 1.29 is 4.74 Å². The van der Waals surface area contributed by atoms with Crippen LogP contribution >= 0.6 is 15.9 Å². The highest BCUT2D eigenvalue weighted by molar-refractivity contribution is 9.10. The molecular formula is C11H15BrN2O. The molecule has 0 spiro atoms. The highest BCUT2D eigenvalue weighted by Gasteiger charge is 2.22. The Bertz CT molecular complexity index is 326. The van der Waals surface area contributed by atoms with E-state index in [2.05, 4.69) is 21.2 Å². The highest BCUT2D eigenvalue weighted by Crippen LogP contribution is 2.21. The van der Waals surface area contributed by atoms with Crippen molar-refractivity contribution in [3.05, 3.63) is 34.3 Å². The van der Waals surface area contributed by atoms with Crippen molar-refractivity contribution in [2.45, 2.75) is 12.1 Å². The summed E-state index contributed by atoms with van der Waals surface area (Å²) in [5, 5.41) is 3.28. The number of hydrogen-bond acceptors (Lipinski definition) is 3. The van der Waals surface area contributed by atoms with Gasteiger partial charge in [-0.15, -0.1) is 0 Å². The van der Waals surface area contributed by atoms with Gasteiger partial charge in [-0.3, -0.25) is 0 Å². The standard InChI is InChI=1S/C11H15BrN2O/c12-9-3-1-2-8(6-9)11(13)10-7-14-4-5-15-10/h1-3,6,10-11,14H,4-5,7,13H2. The molecule has 1 aliphatic rings. The van der Waals surface area contributed by atoms with E-state index in [0.29, 0.717) is 0 Å². The lowest BCUT2D eigenvalue weighted by Gasteiger charge is -2.28. The molecule has 2 unspecified atom stereocenters. The molecule has 0 radical (unpaired) electrons. The van der Waals surface area contributed by atoms with E-state index in [1.165, 1.54) is 0 Å². The number of nitrogens with one attached hydrogen (secondary N) is 1. The number of halogens is 1.